The Kier molecular flexibility index (Phi) is 19.3. The summed E-state index contributed by atoms with van der Waals surface area (Å²) in [4.78, 5) is 24.4. The van der Waals surface area contributed by atoms with Crippen LogP contribution in [-0.2, 0) is 19.1 Å². The van der Waals surface area contributed by atoms with Crippen LogP contribution in [-0.4, -0.2) is 25.2 Å². The molecule has 0 radical (unpaired) electrons. The van der Waals surface area contributed by atoms with E-state index in [9.17, 15) is 9.59 Å². The highest BCUT2D eigenvalue weighted by molar-refractivity contribution is 5.75. The topological polar surface area (TPSA) is 52.6 Å². The molecule has 34 heavy (non-hydrogen) atoms. The molecule has 1 aliphatic carbocycles. The van der Waals surface area contributed by atoms with Gasteiger partial charge in [-0.2, -0.15) is 0 Å². The summed E-state index contributed by atoms with van der Waals surface area (Å²) in [6.45, 7) is 7.40. The van der Waals surface area contributed by atoms with Crippen molar-refractivity contribution >= 4 is 11.9 Å². The Labute approximate surface area is 211 Å². The van der Waals surface area contributed by atoms with Crippen molar-refractivity contribution < 1.29 is 19.1 Å². The van der Waals surface area contributed by atoms with Gasteiger partial charge in [-0.3, -0.25) is 9.59 Å². The van der Waals surface area contributed by atoms with Crippen LogP contribution in [0.1, 0.15) is 149 Å². The van der Waals surface area contributed by atoms with Gasteiger partial charge >= 0.3 is 11.9 Å². The number of esters is 2. The highest BCUT2D eigenvalue weighted by atomic mass is 16.5. The Morgan fingerprint density at radius 3 is 1.32 bits per heavy atom. The van der Waals surface area contributed by atoms with Crippen molar-refractivity contribution in [3.05, 3.63) is 0 Å². The van der Waals surface area contributed by atoms with E-state index >= 15 is 0 Å². The van der Waals surface area contributed by atoms with Gasteiger partial charge in [-0.15, -0.1) is 0 Å². The molecule has 0 aliphatic heterocycles. The summed E-state index contributed by atoms with van der Waals surface area (Å²) in [7, 11) is 0. The lowest BCUT2D eigenvalue weighted by molar-refractivity contribution is -0.155. The summed E-state index contributed by atoms with van der Waals surface area (Å²) >= 11 is 0. The zero-order valence-corrected chi connectivity index (χ0v) is 22.9. The number of carbonyl (C=O) groups excluding carboxylic acids is 2. The Morgan fingerprint density at radius 2 is 0.941 bits per heavy atom. The number of unbranched alkanes of at least 4 members (excludes halogenated alkanes) is 15. The van der Waals surface area contributed by atoms with Crippen molar-refractivity contribution in [2.75, 3.05) is 13.2 Å². The second kappa shape index (κ2) is 21.2. The summed E-state index contributed by atoms with van der Waals surface area (Å²) in [5.74, 6) is 0.141. The number of rotatable bonds is 21. The molecule has 0 aromatic heterocycles. The van der Waals surface area contributed by atoms with Gasteiger partial charge in [-0.05, 0) is 38.0 Å². The van der Waals surface area contributed by atoms with Gasteiger partial charge in [0.2, 0.25) is 0 Å². The number of carbonyl (C=O) groups is 2. The monoisotopic (exact) mass is 480 g/mol. The molecular formula is C30H56O4. The smallest absolute Gasteiger partial charge is 0.308 e. The Morgan fingerprint density at radius 1 is 0.588 bits per heavy atom. The lowest BCUT2D eigenvalue weighted by atomic mass is 9.82. The van der Waals surface area contributed by atoms with E-state index in [-0.39, 0.29) is 23.8 Å². The highest BCUT2D eigenvalue weighted by Crippen LogP contribution is 2.30. The zero-order chi connectivity index (χ0) is 24.9. The van der Waals surface area contributed by atoms with Gasteiger partial charge in [0.15, 0.2) is 0 Å². The molecule has 0 heterocycles. The summed E-state index contributed by atoms with van der Waals surface area (Å²) in [6.07, 6.45) is 24.5. The van der Waals surface area contributed by atoms with E-state index in [2.05, 4.69) is 6.92 Å². The summed E-state index contributed by atoms with van der Waals surface area (Å²) < 4.78 is 10.9. The number of hydrogen-bond donors (Lipinski definition) is 0. The maximum atomic E-state index is 12.3. The molecule has 4 heteroatoms. The first-order chi connectivity index (χ1) is 16.5. The van der Waals surface area contributed by atoms with Gasteiger partial charge in [0.05, 0.1) is 25.0 Å². The van der Waals surface area contributed by atoms with E-state index in [0.717, 1.165) is 38.5 Å². The van der Waals surface area contributed by atoms with Crippen LogP contribution in [0.25, 0.3) is 0 Å². The zero-order valence-electron chi connectivity index (χ0n) is 22.9. The minimum atomic E-state index is -0.0892. The summed E-state index contributed by atoms with van der Waals surface area (Å²) in [5.41, 5.74) is 0. The molecule has 0 N–H and O–H groups in total. The first-order valence-electron chi connectivity index (χ1n) is 14.9. The third kappa shape index (κ3) is 16.5. The van der Waals surface area contributed by atoms with E-state index < -0.39 is 0 Å². The van der Waals surface area contributed by atoms with E-state index in [4.69, 9.17) is 9.47 Å². The number of ether oxygens (including phenoxy) is 2. The second-order valence-electron chi connectivity index (χ2n) is 11.0. The Balaban J connectivity index is 1.86. The van der Waals surface area contributed by atoms with Gasteiger partial charge in [-0.25, -0.2) is 0 Å². The minimum absolute atomic E-state index is 0.0322. The van der Waals surface area contributed by atoms with Crippen molar-refractivity contribution in [3.8, 4) is 0 Å². The fourth-order valence-corrected chi connectivity index (χ4v) is 4.87. The first kappa shape index (κ1) is 31.0. The molecule has 0 saturated heterocycles. The molecular weight excluding hydrogens is 424 g/mol. The van der Waals surface area contributed by atoms with Gasteiger partial charge < -0.3 is 9.47 Å². The van der Waals surface area contributed by atoms with E-state index in [1.54, 1.807) is 0 Å². The average molecular weight is 481 g/mol. The second-order valence-corrected chi connectivity index (χ2v) is 11.0. The molecule has 1 fully saturated rings. The SMILES string of the molecule is CCCCCCCCCCCCCCCCCCOC(=O)C1CCC(C(=O)OCC(C)C)CC1. The standard InChI is InChI=1S/C30H56O4/c1-4-5-6-7-8-9-10-11-12-13-14-15-16-17-18-19-24-33-29(31)27-20-22-28(23-21-27)30(32)34-25-26(2)3/h26-28H,4-25H2,1-3H3. The maximum absolute atomic E-state index is 12.3. The molecule has 0 aromatic rings. The fourth-order valence-electron chi connectivity index (χ4n) is 4.87. The lowest BCUT2D eigenvalue weighted by Gasteiger charge is -2.26. The van der Waals surface area contributed by atoms with Crippen LogP contribution in [0.5, 0.6) is 0 Å². The molecule has 4 nitrogen and oxygen atoms in total. The van der Waals surface area contributed by atoms with E-state index in [1.807, 2.05) is 13.8 Å². The molecule has 0 amide bonds. The van der Waals surface area contributed by atoms with Crippen molar-refractivity contribution in [1.82, 2.24) is 0 Å². The summed E-state index contributed by atoms with van der Waals surface area (Å²) in [6, 6.07) is 0. The van der Waals surface area contributed by atoms with Crippen LogP contribution < -0.4 is 0 Å². The predicted molar refractivity (Wildman–Crippen MR) is 142 cm³/mol. The van der Waals surface area contributed by atoms with Gasteiger partial charge in [0.25, 0.3) is 0 Å². The van der Waals surface area contributed by atoms with E-state index in [1.165, 1.54) is 89.9 Å². The molecule has 200 valence electrons. The Hall–Kier alpha value is -1.06. The third-order valence-electron chi connectivity index (χ3n) is 7.19. The minimum Gasteiger partial charge on any atom is -0.465 e. The van der Waals surface area contributed by atoms with Crippen molar-refractivity contribution in [2.24, 2.45) is 17.8 Å². The largest absolute Gasteiger partial charge is 0.465 e. The van der Waals surface area contributed by atoms with Crippen molar-refractivity contribution in [2.45, 2.75) is 149 Å². The van der Waals surface area contributed by atoms with Crippen LogP contribution in [0.15, 0.2) is 0 Å². The quantitative estimate of drug-likeness (QED) is 0.122. The van der Waals surface area contributed by atoms with Crippen LogP contribution in [0.3, 0.4) is 0 Å². The van der Waals surface area contributed by atoms with Crippen LogP contribution in [0.4, 0.5) is 0 Å². The average Bonchev–Trinajstić information content (AvgIpc) is 2.84. The lowest BCUT2D eigenvalue weighted by Crippen LogP contribution is -2.29. The molecule has 0 unspecified atom stereocenters. The highest BCUT2D eigenvalue weighted by Gasteiger charge is 2.31. The van der Waals surface area contributed by atoms with Crippen LogP contribution >= 0.6 is 0 Å². The molecule has 1 rings (SSSR count). The number of hydrogen-bond acceptors (Lipinski definition) is 4. The van der Waals surface area contributed by atoms with Crippen molar-refractivity contribution in [1.29, 1.82) is 0 Å². The first-order valence-corrected chi connectivity index (χ1v) is 14.9. The van der Waals surface area contributed by atoms with E-state index in [0.29, 0.717) is 19.1 Å². The van der Waals surface area contributed by atoms with Gasteiger partial charge in [-0.1, -0.05) is 117 Å². The summed E-state index contributed by atoms with van der Waals surface area (Å²) in [5, 5.41) is 0. The maximum Gasteiger partial charge on any atom is 0.308 e. The third-order valence-corrected chi connectivity index (χ3v) is 7.19. The molecule has 0 aromatic carbocycles. The van der Waals surface area contributed by atoms with Crippen LogP contribution in [0, 0.1) is 17.8 Å². The molecule has 1 aliphatic rings. The Bertz CT molecular complexity index is 494. The molecule has 0 spiro atoms. The van der Waals surface area contributed by atoms with Crippen molar-refractivity contribution in [3.63, 3.8) is 0 Å². The predicted octanol–water partition coefficient (Wildman–Crippen LogP) is 8.80. The van der Waals surface area contributed by atoms with Gasteiger partial charge in [0, 0.05) is 0 Å². The molecule has 0 atom stereocenters. The fraction of sp³-hybridized carbons (Fsp3) is 0.933. The normalized spacial score (nSPS) is 18.2. The van der Waals surface area contributed by atoms with Crippen LogP contribution in [0.2, 0.25) is 0 Å². The molecule has 1 saturated carbocycles. The van der Waals surface area contributed by atoms with Gasteiger partial charge in [0.1, 0.15) is 0 Å². The molecule has 0 bridgehead atoms.